The maximum absolute atomic E-state index is 12.6. The third kappa shape index (κ3) is 3.57. The van der Waals surface area contributed by atoms with Crippen LogP contribution in [0.15, 0.2) is 60.7 Å². The first-order valence-corrected chi connectivity index (χ1v) is 8.42. The van der Waals surface area contributed by atoms with Crippen molar-refractivity contribution in [3.05, 3.63) is 66.2 Å². The van der Waals surface area contributed by atoms with Gasteiger partial charge in [-0.15, -0.1) is 0 Å². The summed E-state index contributed by atoms with van der Waals surface area (Å²) in [5.74, 6) is 0.314. The summed E-state index contributed by atoms with van der Waals surface area (Å²) in [5, 5.41) is 15.4. The second-order valence-electron chi connectivity index (χ2n) is 5.78. The van der Waals surface area contributed by atoms with Crippen LogP contribution >= 0.6 is 0 Å². The van der Waals surface area contributed by atoms with Gasteiger partial charge < -0.3 is 19.9 Å². The minimum atomic E-state index is -0.838. The molecule has 3 rings (SSSR count). The number of phenols is 1. The Kier molecular flexibility index (Phi) is 5.27. The van der Waals surface area contributed by atoms with Crippen LogP contribution in [0.25, 0.3) is 10.8 Å². The Morgan fingerprint density at radius 3 is 2.50 bits per heavy atom. The van der Waals surface area contributed by atoms with Crippen LogP contribution in [-0.4, -0.2) is 24.8 Å². The normalized spacial score (nSPS) is 11.8. The number of benzene rings is 3. The summed E-state index contributed by atoms with van der Waals surface area (Å²) < 4.78 is 10.4. The molecule has 0 amide bonds. The number of esters is 1. The van der Waals surface area contributed by atoms with Gasteiger partial charge in [-0.2, -0.15) is 0 Å². The van der Waals surface area contributed by atoms with Crippen LogP contribution in [-0.2, 0) is 9.53 Å². The predicted octanol–water partition coefficient (Wildman–Crippen LogP) is 4.27. The second kappa shape index (κ2) is 7.78. The first kappa shape index (κ1) is 17.6. The Balaban J connectivity index is 2.06. The average molecular weight is 351 g/mol. The zero-order chi connectivity index (χ0) is 18.5. The first-order valence-electron chi connectivity index (χ1n) is 8.42. The molecule has 5 heteroatoms. The van der Waals surface area contributed by atoms with Gasteiger partial charge in [-0.3, -0.25) is 0 Å². The number of carbonyl (C=O) groups excluding carboxylic acids is 1. The summed E-state index contributed by atoms with van der Waals surface area (Å²) in [6.45, 7) is 2.01. The number of hydrogen-bond donors (Lipinski definition) is 2. The highest BCUT2D eigenvalue weighted by atomic mass is 16.5. The molecule has 0 radical (unpaired) electrons. The van der Waals surface area contributed by atoms with Gasteiger partial charge in [0.1, 0.15) is 11.5 Å². The highest BCUT2D eigenvalue weighted by Crippen LogP contribution is 2.35. The fraction of sp³-hybridized carbons (Fsp3) is 0.190. The van der Waals surface area contributed by atoms with E-state index in [2.05, 4.69) is 5.32 Å². The van der Waals surface area contributed by atoms with E-state index in [-0.39, 0.29) is 12.4 Å². The SMILES string of the molecule is CCOC(=O)C(Nc1ccc(OC)cc1)c1c(O)ccc2ccccc12. The summed E-state index contributed by atoms with van der Waals surface area (Å²) >= 11 is 0. The molecule has 1 atom stereocenters. The summed E-state index contributed by atoms with van der Waals surface area (Å²) in [6, 6.07) is 17.4. The number of aromatic hydroxyl groups is 1. The van der Waals surface area contributed by atoms with Crippen molar-refractivity contribution in [3.63, 3.8) is 0 Å². The van der Waals surface area contributed by atoms with E-state index in [0.29, 0.717) is 5.56 Å². The van der Waals surface area contributed by atoms with Crippen LogP contribution in [0, 0.1) is 0 Å². The lowest BCUT2D eigenvalue weighted by molar-refractivity contribution is -0.144. The van der Waals surface area contributed by atoms with Gasteiger partial charge >= 0.3 is 5.97 Å². The lowest BCUT2D eigenvalue weighted by Gasteiger charge is -2.21. The van der Waals surface area contributed by atoms with Crippen molar-refractivity contribution in [1.82, 2.24) is 0 Å². The molecule has 134 valence electrons. The fourth-order valence-electron chi connectivity index (χ4n) is 2.92. The van der Waals surface area contributed by atoms with Crippen molar-refractivity contribution in [2.75, 3.05) is 19.0 Å². The number of carbonyl (C=O) groups is 1. The van der Waals surface area contributed by atoms with Gasteiger partial charge in [0.2, 0.25) is 0 Å². The molecule has 3 aromatic carbocycles. The van der Waals surface area contributed by atoms with Gasteiger partial charge in [-0.05, 0) is 48.0 Å². The average Bonchev–Trinajstić information content (AvgIpc) is 2.67. The third-order valence-corrected chi connectivity index (χ3v) is 4.16. The second-order valence-corrected chi connectivity index (χ2v) is 5.78. The van der Waals surface area contributed by atoms with E-state index in [4.69, 9.17) is 9.47 Å². The maximum Gasteiger partial charge on any atom is 0.333 e. The van der Waals surface area contributed by atoms with Crippen LogP contribution < -0.4 is 10.1 Å². The van der Waals surface area contributed by atoms with Gasteiger partial charge in [0.05, 0.1) is 13.7 Å². The van der Waals surface area contributed by atoms with Gasteiger partial charge in [0.15, 0.2) is 6.04 Å². The molecule has 5 nitrogen and oxygen atoms in total. The number of anilines is 1. The molecular formula is C21H21NO4. The molecule has 0 aliphatic heterocycles. The van der Waals surface area contributed by atoms with Crippen LogP contribution in [0.4, 0.5) is 5.69 Å². The minimum absolute atomic E-state index is 0.0442. The molecule has 0 aliphatic carbocycles. The highest BCUT2D eigenvalue weighted by Gasteiger charge is 2.27. The van der Waals surface area contributed by atoms with Crippen molar-refractivity contribution in [2.45, 2.75) is 13.0 Å². The number of fused-ring (bicyclic) bond motifs is 1. The number of nitrogens with one attached hydrogen (secondary N) is 1. The lowest BCUT2D eigenvalue weighted by Crippen LogP contribution is -2.23. The van der Waals surface area contributed by atoms with Crippen LogP contribution in [0.3, 0.4) is 0 Å². The molecule has 0 spiro atoms. The standard InChI is InChI=1S/C21H21NO4/c1-3-26-21(24)20(22-15-9-11-16(25-2)12-10-15)19-17-7-5-4-6-14(17)8-13-18(19)23/h4-13,20,22-23H,3H2,1-2H3. The zero-order valence-electron chi connectivity index (χ0n) is 14.7. The molecule has 0 aromatic heterocycles. The predicted molar refractivity (Wildman–Crippen MR) is 102 cm³/mol. The molecule has 0 bridgehead atoms. The first-order chi connectivity index (χ1) is 12.6. The topological polar surface area (TPSA) is 67.8 Å². The van der Waals surface area contributed by atoms with Crippen LogP contribution in [0.5, 0.6) is 11.5 Å². The van der Waals surface area contributed by atoms with E-state index in [9.17, 15) is 9.90 Å². The van der Waals surface area contributed by atoms with Crippen molar-refractivity contribution in [3.8, 4) is 11.5 Å². The Morgan fingerprint density at radius 1 is 1.08 bits per heavy atom. The maximum atomic E-state index is 12.6. The van der Waals surface area contributed by atoms with E-state index < -0.39 is 12.0 Å². The molecule has 0 heterocycles. The van der Waals surface area contributed by atoms with Gasteiger partial charge in [0, 0.05) is 11.3 Å². The Bertz CT molecular complexity index is 906. The number of rotatable bonds is 6. The van der Waals surface area contributed by atoms with Crippen LogP contribution in [0.2, 0.25) is 0 Å². The number of phenolic OH excluding ortho intramolecular Hbond substituents is 1. The molecule has 0 saturated heterocycles. The minimum Gasteiger partial charge on any atom is -0.508 e. The Labute approximate surface area is 152 Å². The molecule has 0 saturated carbocycles. The smallest absolute Gasteiger partial charge is 0.333 e. The quantitative estimate of drug-likeness (QED) is 0.649. The number of methoxy groups -OCH3 is 1. The van der Waals surface area contributed by atoms with Gasteiger partial charge in [-0.25, -0.2) is 4.79 Å². The van der Waals surface area contributed by atoms with E-state index >= 15 is 0 Å². The van der Waals surface area contributed by atoms with Gasteiger partial charge in [0.25, 0.3) is 0 Å². The lowest BCUT2D eigenvalue weighted by atomic mass is 9.97. The zero-order valence-corrected chi connectivity index (χ0v) is 14.7. The highest BCUT2D eigenvalue weighted by molar-refractivity contribution is 5.94. The Morgan fingerprint density at radius 2 is 1.81 bits per heavy atom. The van der Waals surface area contributed by atoms with Crippen molar-refractivity contribution < 1.29 is 19.4 Å². The molecule has 3 aromatic rings. The molecule has 1 unspecified atom stereocenters. The fourth-order valence-corrected chi connectivity index (χ4v) is 2.92. The number of ether oxygens (including phenoxy) is 2. The van der Waals surface area contributed by atoms with Crippen molar-refractivity contribution in [2.24, 2.45) is 0 Å². The summed E-state index contributed by atoms with van der Waals surface area (Å²) in [5.41, 5.74) is 1.22. The van der Waals surface area contributed by atoms with E-state index in [1.54, 1.807) is 32.2 Å². The summed E-state index contributed by atoms with van der Waals surface area (Å²) in [4.78, 5) is 12.6. The largest absolute Gasteiger partial charge is 0.508 e. The third-order valence-electron chi connectivity index (χ3n) is 4.16. The molecule has 0 aliphatic rings. The molecule has 2 N–H and O–H groups in total. The van der Waals surface area contributed by atoms with E-state index in [1.807, 2.05) is 42.5 Å². The molecule has 26 heavy (non-hydrogen) atoms. The van der Waals surface area contributed by atoms with Gasteiger partial charge in [-0.1, -0.05) is 30.3 Å². The van der Waals surface area contributed by atoms with Crippen molar-refractivity contribution in [1.29, 1.82) is 0 Å². The summed E-state index contributed by atoms with van der Waals surface area (Å²) in [7, 11) is 1.60. The number of hydrogen-bond acceptors (Lipinski definition) is 5. The summed E-state index contributed by atoms with van der Waals surface area (Å²) in [6.07, 6.45) is 0. The van der Waals surface area contributed by atoms with Crippen molar-refractivity contribution >= 4 is 22.4 Å². The monoisotopic (exact) mass is 351 g/mol. The van der Waals surface area contributed by atoms with Crippen LogP contribution in [0.1, 0.15) is 18.5 Å². The molecule has 0 fully saturated rings. The van der Waals surface area contributed by atoms with E-state index in [1.165, 1.54) is 0 Å². The van der Waals surface area contributed by atoms with E-state index in [0.717, 1.165) is 22.2 Å². The molecular weight excluding hydrogens is 330 g/mol. The Hall–Kier alpha value is -3.21.